The van der Waals surface area contributed by atoms with E-state index in [4.69, 9.17) is 21.6 Å². The van der Waals surface area contributed by atoms with Crippen LogP contribution in [0.4, 0.5) is 4.39 Å². The number of pyridine rings is 7. The van der Waals surface area contributed by atoms with Gasteiger partial charge in [0.15, 0.2) is 10.9 Å². The number of aromatic nitrogens is 9. The van der Waals surface area contributed by atoms with E-state index < -0.39 is 5.82 Å². The van der Waals surface area contributed by atoms with Crippen molar-refractivity contribution in [1.29, 1.82) is 0 Å². The molecule has 0 amide bonds. The second-order valence-electron chi connectivity index (χ2n) is 10.9. The van der Waals surface area contributed by atoms with Crippen molar-refractivity contribution in [2.75, 3.05) is 0 Å². The quantitative estimate of drug-likeness (QED) is 0.223. The number of H-pyrrole nitrogens is 2. The molecular formula is C35H21ClFN9O2. The van der Waals surface area contributed by atoms with Crippen molar-refractivity contribution in [1.82, 2.24) is 44.7 Å². The van der Waals surface area contributed by atoms with Gasteiger partial charge in [0, 0.05) is 84.2 Å². The lowest BCUT2D eigenvalue weighted by Gasteiger charge is -2.14. The molecule has 8 heterocycles. The highest BCUT2D eigenvalue weighted by molar-refractivity contribution is 6.36. The van der Waals surface area contributed by atoms with E-state index in [1.165, 1.54) is 30.6 Å². The van der Waals surface area contributed by atoms with Crippen LogP contribution >= 0.6 is 11.6 Å². The molecule has 0 spiro atoms. The molecule has 48 heavy (non-hydrogen) atoms. The monoisotopic (exact) mass is 653 g/mol. The number of nitrogens with zero attached hydrogens (tertiary/aromatic N) is 7. The Kier molecular flexibility index (Phi) is 6.92. The molecular weight excluding hydrogens is 633 g/mol. The van der Waals surface area contributed by atoms with Crippen LogP contribution in [0, 0.1) is 5.82 Å². The van der Waals surface area contributed by atoms with Crippen molar-refractivity contribution in [3.63, 3.8) is 0 Å². The Morgan fingerprint density at radius 3 is 2.06 bits per heavy atom. The molecule has 0 saturated carbocycles. The van der Waals surface area contributed by atoms with E-state index in [2.05, 4.69) is 30.0 Å². The average Bonchev–Trinajstić information content (AvgIpc) is 3.54. The number of fused-ring (bicyclic) bond motifs is 2. The normalized spacial score (nSPS) is 11.4. The lowest BCUT2D eigenvalue weighted by atomic mass is 9.97. The van der Waals surface area contributed by atoms with Crippen LogP contribution in [0.3, 0.4) is 0 Å². The largest absolute Gasteiger partial charge is 0.346 e. The zero-order valence-electron chi connectivity index (χ0n) is 24.9. The molecule has 13 heteroatoms. The van der Waals surface area contributed by atoms with Gasteiger partial charge in [0.25, 0.3) is 0 Å². The Hall–Kier alpha value is -6.40. The number of rotatable bonds is 5. The van der Waals surface area contributed by atoms with Gasteiger partial charge in [0.05, 0.1) is 33.4 Å². The molecule has 11 nitrogen and oxygen atoms in total. The minimum Gasteiger partial charge on any atom is -0.346 e. The Morgan fingerprint density at radius 1 is 0.708 bits per heavy atom. The first-order valence-electron chi connectivity index (χ1n) is 14.6. The number of nitrogens with one attached hydrogen (secondary N) is 2. The van der Waals surface area contributed by atoms with Crippen molar-refractivity contribution >= 4 is 33.7 Å². The Labute approximate surface area is 274 Å². The van der Waals surface area contributed by atoms with Crippen LogP contribution in [0.5, 0.6) is 0 Å². The van der Waals surface area contributed by atoms with E-state index in [1.807, 2.05) is 6.07 Å². The predicted molar refractivity (Wildman–Crippen MR) is 181 cm³/mol. The highest BCUT2D eigenvalue weighted by Crippen LogP contribution is 2.40. The summed E-state index contributed by atoms with van der Waals surface area (Å²) in [6.45, 7) is 0. The zero-order chi connectivity index (χ0) is 32.9. The second kappa shape index (κ2) is 11.4. The zero-order valence-corrected chi connectivity index (χ0v) is 25.7. The van der Waals surface area contributed by atoms with Crippen molar-refractivity contribution in [3.05, 3.63) is 129 Å². The first-order valence-corrected chi connectivity index (χ1v) is 15.0. The van der Waals surface area contributed by atoms with E-state index in [0.29, 0.717) is 72.8 Å². The average molecular weight is 654 g/mol. The molecule has 0 saturated heterocycles. The maximum Gasteiger partial charge on any atom is 0.191 e. The third-order valence-electron chi connectivity index (χ3n) is 7.96. The van der Waals surface area contributed by atoms with Gasteiger partial charge in [0.2, 0.25) is 0 Å². The molecule has 8 rings (SSSR count). The molecule has 0 atom stereocenters. The molecule has 0 aliphatic heterocycles. The summed E-state index contributed by atoms with van der Waals surface area (Å²) < 4.78 is 16.8. The van der Waals surface area contributed by atoms with Gasteiger partial charge in [-0.15, -0.1) is 0 Å². The lowest BCUT2D eigenvalue weighted by Crippen LogP contribution is -2.04. The third-order valence-corrected chi connectivity index (χ3v) is 8.34. The number of aryl methyl sites for hydroxylation is 1. The molecule has 0 aliphatic carbocycles. The van der Waals surface area contributed by atoms with Gasteiger partial charge in [-0.2, -0.15) is 5.10 Å². The summed E-state index contributed by atoms with van der Waals surface area (Å²) in [5.41, 5.74) is 4.94. The fourth-order valence-corrected chi connectivity index (χ4v) is 6.00. The first kappa shape index (κ1) is 29.0. The summed E-state index contributed by atoms with van der Waals surface area (Å²) in [6.07, 6.45) is 10.6. The maximum atomic E-state index is 15.1. The number of hydrogen-bond donors (Lipinski definition) is 2. The van der Waals surface area contributed by atoms with E-state index in [9.17, 15) is 9.59 Å². The van der Waals surface area contributed by atoms with Crippen molar-refractivity contribution < 1.29 is 4.39 Å². The third kappa shape index (κ3) is 4.91. The van der Waals surface area contributed by atoms with Crippen molar-refractivity contribution in [3.8, 4) is 56.3 Å². The number of hydrogen-bond acceptors (Lipinski definition) is 8. The number of halogens is 2. The fourth-order valence-electron chi connectivity index (χ4n) is 5.69. The van der Waals surface area contributed by atoms with Crippen LogP contribution in [-0.4, -0.2) is 44.7 Å². The molecule has 0 radical (unpaired) electrons. The van der Waals surface area contributed by atoms with Gasteiger partial charge in [-0.05, 0) is 42.5 Å². The molecule has 0 aliphatic rings. The Bertz CT molecular complexity index is 2690. The molecule has 8 aromatic rings. The summed E-state index contributed by atoms with van der Waals surface area (Å²) in [7, 11) is 1.80. The molecule has 232 valence electrons. The molecule has 0 aromatic carbocycles. The van der Waals surface area contributed by atoms with Gasteiger partial charge in [0.1, 0.15) is 34.2 Å². The molecule has 8 aromatic heterocycles. The summed E-state index contributed by atoms with van der Waals surface area (Å²) in [6, 6.07) is 14.8. The fraction of sp³-hybridized carbons (Fsp3) is 0.0286. The predicted octanol–water partition coefficient (Wildman–Crippen LogP) is 6.21. The van der Waals surface area contributed by atoms with E-state index >= 15 is 4.39 Å². The van der Waals surface area contributed by atoms with E-state index in [0.717, 1.165) is 6.20 Å². The van der Waals surface area contributed by atoms with Crippen LogP contribution in [-0.2, 0) is 7.05 Å². The Morgan fingerprint density at radius 2 is 1.38 bits per heavy atom. The molecule has 0 unspecified atom stereocenters. The van der Waals surface area contributed by atoms with Crippen molar-refractivity contribution in [2.45, 2.75) is 0 Å². The van der Waals surface area contributed by atoms with Gasteiger partial charge in [-0.25, -0.2) is 14.4 Å². The van der Waals surface area contributed by atoms with Gasteiger partial charge < -0.3 is 9.97 Å². The highest BCUT2D eigenvalue weighted by atomic mass is 35.5. The van der Waals surface area contributed by atoms with Gasteiger partial charge in [-0.3, -0.25) is 29.2 Å². The van der Waals surface area contributed by atoms with Crippen LogP contribution in [0.1, 0.15) is 0 Å². The summed E-state index contributed by atoms with van der Waals surface area (Å²) in [5, 5.41) is 5.52. The van der Waals surface area contributed by atoms with Crippen LogP contribution < -0.4 is 10.9 Å². The summed E-state index contributed by atoms with van der Waals surface area (Å²) >= 11 is 7.12. The highest BCUT2D eigenvalue weighted by Gasteiger charge is 2.21. The van der Waals surface area contributed by atoms with Gasteiger partial charge >= 0.3 is 0 Å². The smallest absolute Gasteiger partial charge is 0.191 e. The topological polar surface area (TPSA) is 148 Å². The second-order valence-corrected chi connectivity index (χ2v) is 11.3. The molecule has 2 N–H and O–H groups in total. The maximum absolute atomic E-state index is 15.1. The minimum absolute atomic E-state index is 0.199. The number of aromatic amines is 2. The van der Waals surface area contributed by atoms with E-state index in [-0.39, 0.29) is 21.4 Å². The summed E-state index contributed by atoms with van der Waals surface area (Å²) in [4.78, 5) is 54.1. The lowest BCUT2D eigenvalue weighted by molar-refractivity contribution is 0.625. The Balaban J connectivity index is 1.32. The van der Waals surface area contributed by atoms with Crippen molar-refractivity contribution in [2.24, 2.45) is 7.05 Å². The standard InChI is InChI=1S/C35H21ClFN9O2/c1-46-13-7-26(45-46)32-22(16-24-29(48)6-12-42-35(24)44-32)20-4-10-40-33(30(20)36)27-14-18(2-9-39-27)31-21(19-3-8-38-17-25(19)37)15-23-28(47)5-11-41-34(23)43-31/h2-17H,1H3,(H,41,43,47)(H,42,44,48). The molecule has 0 fully saturated rings. The molecule has 0 bridgehead atoms. The SMILES string of the molecule is Cn1ccc(-c2nc3[nH]ccc(=O)c3cc2-c2ccnc(-c3cc(-c4nc5[nH]ccc(=O)c5cc4-c4ccncc4F)ccn3)c2Cl)n1. The van der Waals surface area contributed by atoms with Crippen LogP contribution in [0.15, 0.2) is 108 Å². The minimum atomic E-state index is -0.564. The summed E-state index contributed by atoms with van der Waals surface area (Å²) in [5.74, 6) is -0.564. The van der Waals surface area contributed by atoms with Crippen LogP contribution in [0.2, 0.25) is 5.02 Å². The van der Waals surface area contributed by atoms with Crippen LogP contribution in [0.25, 0.3) is 78.4 Å². The first-order chi connectivity index (χ1) is 23.4. The van der Waals surface area contributed by atoms with E-state index in [1.54, 1.807) is 66.8 Å². The van der Waals surface area contributed by atoms with Gasteiger partial charge in [-0.1, -0.05) is 11.6 Å².